The van der Waals surface area contributed by atoms with Crippen LogP contribution in [0.5, 0.6) is 0 Å². The number of morpholine rings is 1. The van der Waals surface area contributed by atoms with E-state index in [4.69, 9.17) is 21.3 Å². The van der Waals surface area contributed by atoms with Gasteiger partial charge in [0.15, 0.2) is 0 Å². The molecule has 1 atom stereocenters. The Morgan fingerprint density at radius 3 is 2.61 bits per heavy atom. The van der Waals surface area contributed by atoms with Gasteiger partial charge in [-0.25, -0.2) is 17.7 Å². The number of fused-ring (bicyclic) bond motifs is 1. The molecule has 7 nitrogen and oxygen atoms in total. The number of rotatable bonds is 6. The van der Waals surface area contributed by atoms with E-state index in [0.29, 0.717) is 23.7 Å². The first-order valence-electron chi connectivity index (χ1n) is 10.3. The molecule has 4 rings (SSSR count). The normalized spacial score (nSPS) is 18.2. The van der Waals surface area contributed by atoms with Crippen molar-refractivity contribution in [2.75, 3.05) is 33.8 Å². The Balaban J connectivity index is 1.59. The third-order valence-electron chi connectivity index (χ3n) is 5.65. The van der Waals surface area contributed by atoms with Crippen LogP contribution in [0.15, 0.2) is 47.4 Å². The highest BCUT2D eigenvalue weighted by Gasteiger charge is 2.24. The second-order valence-electron chi connectivity index (χ2n) is 7.86. The van der Waals surface area contributed by atoms with E-state index >= 15 is 0 Å². The van der Waals surface area contributed by atoms with Crippen LogP contribution in [0, 0.1) is 0 Å². The van der Waals surface area contributed by atoms with Crippen molar-refractivity contribution in [1.29, 1.82) is 0 Å². The van der Waals surface area contributed by atoms with Gasteiger partial charge in [-0.15, -0.1) is 0 Å². The van der Waals surface area contributed by atoms with E-state index in [-0.39, 0.29) is 11.0 Å². The summed E-state index contributed by atoms with van der Waals surface area (Å²) in [6.07, 6.45) is -0.0118. The molecule has 0 amide bonds. The highest BCUT2D eigenvalue weighted by atomic mass is 35.5. The summed E-state index contributed by atoms with van der Waals surface area (Å²) < 4.78 is 34.4. The quantitative estimate of drug-likeness (QED) is 0.560. The van der Waals surface area contributed by atoms with E-state index in [9.17, 15) is 8.42 Å². The molecule has 1 aromatic heterocycles. The third-order valence-corrected chi connectivity index (χ3v) is 7.71. The molecule has 9 heteroatoms. The molecule has 0 spiro atoms. The summed E-state index contributed by atoms with van der Waals surface area (Å²) in [5.74, 6) is 0.925. The number of hydrogen-bond donors (Lipinski definition) is 0. The van der Waals surface area contributed by atoms with E-state index < -0.39 is 10.0 Å². The van der Waals surface area contributed by atoms with Crippen LogP contribution in [-0.2, 0) is 27.8 Å². The Morgan fingerprint density at radius 2 is 1.94 bits per heavy atom. The van der Waals surface area contributed by atoms with Crippen molar-refractivity contribution in [2.45, 2.75) is 31.0 Å². The van der Waals surface area contributed by atoms with Gasteiger partial charge in [-0.2, -0.15) is 0 Å². The Morgan fingerprint density at radius 1 is 1.19 bits per heavy atom. The van der Waals surface area contributed by atoms with Crippen molar-refractivity contribution in [2.24, 2.45) is 0 Å². The highest BCUT2D eigenvalue weighted by molar-refractivity contribution is 7.89. The molecule has 166 valence electrons. The summed E-state index contributed by atoms with van der Waals surface area (Å²) in [5.41, 5.74) is 2.75. The van der Waals surface area contributed by atoms with E-state index in [0.717, 1.165) is 36.5 Å². The average molecular weight is 463 g/mol. The maximum absolute atomic E-state index is 12.5. The lowest BCUT2D eigenvalue weighted by atomic mass is 10.1. The molecule has 0 bridgehead atoms. The molecule has 1 unspecified atom stereocenters. The third kappa shape index (κ3) is 4.49. The van der Waals surface area contributed by atoms with Gasteiger partial charge >= 0.3 is 0 Å². The van der Waals surface area contributed by atoms with Crippen LogP contribution >= 0.6 is 11.6 Å². The van der Waals surface area contributed by atoms with Crippen molar-refractivity contribution in [3.63, 3.8) is 0 Å². The van der Waals surface area contributed by atoms with Crippen molar-refractivity contribution in [1.82, 2.24) is 18.8 Å². The number of hydrogen-bond acceptors (Lipinski definition) is 5. The zero-order valence-corrected chi connectivity index (χ0v) is 19.5. The van der Waals surface area contributed by atoms with E-state index in [1.807, 2.05) is 30.3 Å². The number of sulfonamides is 1. The SMILES string of the molecule is CCn1c(CN2CCOC(c3ccc(Cl)cc3)C2)nc2cc(S(=O)(=O)N(C)C)ccc21. The first-order valence-corrected chi connectivity index (χ1v) is 12.1. The predicted molar refractivity (Wildman–Crippen MR) is 122 cm³/mol. The van der Waals surface area contributed by atoms with Gasteiger partial charge in [0.1, 0.15) is 5.82 Å². The number of ether oxygens (including phenoxy) is 1. The van der Waals surface area contributed by atoms with E-state index in [2.05, 4.69) is 16.4 Å². The van der Waals surface area contributed by atoms with E-state index in [1.54, 1.807) is 12.1 Å². The molecular formula is C22H27ClN4O3S. The minimum atomic E-state index is -3.50. The lowest BCUT2D eigenvalue weighted by Gasteiger charge is -2.33. The monoisotopic (exact) mass is 462 g/mol. The minimum absolute atomic E-state index is 0.0118. The van der Waals surface area contributed by atoms with Crippen molar-refractivity contribution < 1.29 is 13.2 Å². The molecule has 0 radical (unpaired) electrons. The Hall–Kier alpha value is -1.97. The lowest BCUT2D eigenvalue weighted by Crippen LogP contribution is -2.38. The van der Waals surface area contributed by atoms with Crippen LogP contribution in [-0.4, -0.2) is 61.0 Å². The second kappa shape index (κ2) is 8.88. The number of imidazole rings is 1. The summed E-state index contributed by atoms with van der Waals surface area (Å²) in [6.45, 7) is 5.73. The van der Waals surface area contributed by atoms with Gasteiger partial charge < -0.3 is 9.30 Å². The molecule has 0 aliphatic carbocycles. The molecule has 31 heavy (non-hydrogen) atoms. The fourth-order valence-corrected chi connectivity index (χ4v) is 4.98. The van der Waals surface area contributed by atoms with Gasteiger partial charge in [-0.1, -0.05) is 23.7 Å². The molecule has 1 saturated heterocycles. The molecule has 1 aliphatic heterocycles. The van der Waals surface area contributed by atoms with Crippen molar-refractivity contribution in [3.05, 3.63) is 58.9 Å². The maximum Gasteiger partial charge on any atom is 0.242 e. The van der Waals surface area contributed by atoms with Gasteiger partial charge in [0.2, 0.25) is 10.0 Å². The molecule has 3 aromatic rings. The van der Waals surface area contributed by atoms with Crippen LogP contribution in [0.3, 0.4) is 0 Å². The van der Waals surface area contributed by atoms with Crippen molar-refractivity contribution in [3.8, 4) is 0 Å². The minimum Gasteiger partial charge on any atom is -0.371 e. The number of halogens is 1. The molecule has 2 aromatic carbocycles. The number of nitrogens with zero attached hydrogens (tertiary/aromatic N) is 4. The molecule has 0 N–H and O–H groups in total. The highest BCUT2D eigenvalue weighted by Crippen LogP contribution is 2.26. The summed E-state index contributed by atoms with van der Waals surface area (Å²) in [4.78, 5) is 7.38. The first kappa shape index (κ1) is 22.2. The van der Waals surface area contributed by atoms with Crippen LogP contribution in [0.25, 0.3) is 11.0 Å². The van der Waals surface area contributed by atoms with E-state index in [1.165, 1.54) is 18.4 Å². The molecular weight excluding hydrogens is 436 g/mol. The Bertz CT molecular complexity index is 1180. The smallest absolute Gasteiger partial charge is 0.242 e. The molecule has 2 heterocycles. The summed E-state index contributed by atoms with van der Waals surface area (Å²) in [5, 5.41) is 0.712. The molecule has 1 fully saturated rings. The number of aryl methyl sites for hydroxylation is 1. The fraction of sp³-hybridized carbons (Fsp3) is 0.409. The van der Waals surface area contributed by atoms with Crippen LogP contribution in [0.2, 0.25) is 5.02 Å². The Kier molecular flexibility index (Phi) is 6.37. The summed E-state index contributed by atoms with van der Waals surface area (Å²) in [6, 6.07) is 12.9. The fourth-order valence-electron chi connectivity index (χ4n) is 3.93. The lowest BCUT2D eigenvalue weighted by molar-refractivity contribution is -0.0339. The van der Waals surface area contributed by atoms with Gasteiger partial charge in [0, 0.05) is 38.8 Å². The summed E-state index contributed by atoms with van der Waals surface area (Å²) in [7, 11) is -0.433. The Labute approximate surface area is 188 Å². The van der Waals surface area contributed by atoms with Crippen LogP contribution in [0.1, 0.15) is 24.4 Å². The largest absolute Gasteiger partial charge is 0.371 e. The van der Waals surface area contributed by atoms with Crippen molar-refractivity contribution >= 4 is 32.7 Å². The zero-order valence-electron chi connectivity index (χ0n) is 18.0. The standard InChI is InChI=1S/C22H27ClN4O3S/c1-4-27-20-10-9-18(31(28,29)25(2)3)13-19(20)24-22(27)15-26-11-12-30-21(14-26)16-5-7-17(23)8-6-16/h5-10,13,21H,4,11-12,14-15H2,1-3H3. The summed E-state index contributed by atoms with van der Waals surface area (Å²) >= 11 is 6.01. The van der Waals surface area contributed by atoms with Gasteiger partial charge in [0.05, 0.1) is 35.2 Å². The molecule has 1 aliphatic rings. The molecule has 0 saturated carbocycles. The first-order chi connectivity index (χ1) is 14.8. The van der Waals surface area contributed by atoms with Crippen LogP contribution < -0.4 is 0 Å². The zero-order chi connectivity index (χ0) is 22.2. The van der Waals surface area contributed by atoms with Gasteiger partial charge in [-0.3, -0.25) is 4.90 Å². The van der Waals surface area contributed by atoms with Crippen LogP contribution in [0.4, 0.5) is 0 Å². The number of aromatic nitrogens is 2. The predicted octanol–water partition coefficient (Wildman–Crippen LogP) is 3.53. The average Bonchev–Trinajstić information content (AvgIpc) is 3.10. The maximum atomic E-state index is 12.5. The van der Waals surface area contributed by atoms with Gasteiger partial charge in [-0.05, 0) is 42.8 Å². The van der Waals surface area contributed by atoms with Gasteiger partial charge in [0.25, 0.3) is 0 Å². The second-order valence-corrected chi connectivity index (χ2v) is 10.4. The number of benzene rings is 2. The topological polar surface area (TPSA) is 67.7 Å².